The number of nitrogens with one attached hydrogen (secondary N) is 2. The minimum atomic E-state index is -1.38. The Kier molecular flexibility index (Phi) is 5.46. The highest BCUT2D eigenvalue weighted by Gasteiger charge is 2.44. The van der Waals surface area contributed by atoms with Gasteiger partial charge in [-0.3, -0.25) is 24.5 Å². The number of aliphatic hydroxyl groups is 3. The van der Waals surface area contributed by atoms with E-state index in [1.807, 2.05) is 6.07 Å². The normalized spacial score (nSPS) is 23.6. The average molecular weight is 417 g/mol. The van der Waals surface area contributed by atoms with Crippen LogP contribution in [0.2, 0.25) is 0 Å². The molecule has 5 N–H and O–H groups in total. The molecule has 4 rings (SSSR count). The third kappa shape index (κ3) is 3.76. The number of fused-ring (bicyclic) bond motifs is 1. The Morgan fingerprint density at radius 2 is 2.03 bits per heavy atom. The lowest BCUT2D eigenvalue weighted by Crippen LogP contribution is -2.33. The predicted molar refractivity (Wildman–Crippen MR) is 102 cm³/mol. The van der Waals surface area contributed by atoms with E-state index in [9.17, 15) is 24.9 Å². The molecule has 1 aliphatic heterocycles. The molecule has 3 aromatic rings. The summed E-state index contributed by atoms with van der Waals surface area (Å²) < 4.78 is 12.0. The fraction of sp³-hybridized carbons (Fsp3) is 0.333. The number of aromatic amines is 1. The number of amides is 1. The fourth-order valence-corrected chi connectivity index (χ4v) is 3.12. The third-order valence-corrected chi connectivity index (χ3v) is 4.59. The molecule has 0 radical (unpaired) electrons. The van der Waals surface area contributed by atoms with Gasteiger partial charge < -0.3 is 24.8 Å². The summed E-state index contributed by atoms with van der Waals surface area (Å²) in [6.07, 6.45) is -3.61. The first-order valence-electron chi connectivity index (χ1n) is 9.05. The van der Waals surface area contributed by atoms with E-state index < -0.39 is 42.6 Å². The van der Waals surface area contributed by atoms with Crippen molar-refractivity contribution in [3.05, 3.63) is 47.0 Å². The Bertz CT molecular complexity index is 1100. The third-order valence-electron chi connectivity index (χ3n) is 4.59. The molecular formula is C18H19N5O7. The Hall–Kier alpha value is -3.32. The number of aliphatic hydroxyl groups excluding tert-OH is 3. The average Bonchev–Trinajstić information content (AvgIpc) is 3.29. The van der Waals surface area contributed by atoms with Crippen LogP contribution in [-0.2, 0) is 9.53 Å². The summed E-state index contributed by atoms with van der Waals surface area (Å²) in [5.41, 5.74) is -0.649. The molecule has 2 aromatic heterocycles. The number of carbonyl (C=O) groups is 1. The Balaban J connectivity index is 1.55. The summed E-state index contributed by atoms with van der Waals surface area (Å²) in [5, 5.41) is 31.9. The molecule has 4 atom stereocenters. The molecule has 1 aromatic carbocycles. The van der Waals surface area contributed by atoms with Crippen molar-refractivity contribution in [2.75, 3.05) is 18.5 Å². The number of ether oxygens (including phenoxy) is 2. The first-order valence-corrected chi connectivity index (χ1v) is 9.05. The quantitative estimate of drug-likeness (QED) is 0.328. The fourth-order valence-electron chi connectivity index (χ4n) is 3.12. The van der Waals surface area contributed by atoms with Gasteiger partial charge in [0, 0.05) is 0 Å². The zero-order chi connectivity index (χ0) is 21.3. The van der Waals surface area contributed by atoms with Crippen molar-refractivity contribution in [3.8, 4) is 5.75 Å². The van der Waals surface area contributed by atoms with E-state index in [1.54, 1.807) is 24.3 Å². The van der Waals surface area contributed by atoms with Crippen molar-refractivity contribution in [1.82, 2.24) is 19.5 Å². The first-order chi connectivity index (χ1) is 14.5. The number of rotatable bonds is 6. The molecule has 30 heavy (non-hydrogen) atoms. The number of benzene rings is 1. The highest BCUT2D eigenvalue weighted by molar-refractivity contribution is 5.90. The molecule has 1 aliphatic rings. The minimum Gasteiger partial charge on any atom is -0.484 e. The second kappa shape index (κ2) is 8.20. The summed E-state index contributed by atoms with van der Waals surface area (Å²) in [7, 11) is 0. The standard InChI is InChI=1S/C18H19N5O7/c24-6-10-13(26)14(27)17(30-10)23-8-19-12-15(23)21-18(22-16(12)28)20-11(25)7-29-9-4-2-1-3-5-9/h1-5,8,10,13-14,17,24,26-27H,6-7H2,(H2,20,21,22,25,28)/t10-,13+,14-,17+/m0/s1. The lowest BCUT2D eigenvalue weighted by Gasteiger charge is -2.16. The van der Waals surface area contributed by atoms with E-state index in [-0.39, 0.29) is 23.7 Å². The van der Waals surface area contributed by atoms with Crippen molar-refractivity contribution in [2.45, 2.75) is 24.5 Å². The molecule has 1 fully saturated rings. The van der Waals surface area contributed by atoms with Gasteiger partial charge in [-0.15, -0.1) is 0 Å². The van der Waals surface area contributed by atoms with E-state index in [4.69, 9.17) is 9.47 Å². The summed E-state index contributed by atoms with van der Waals surface area (Å²) in [4.78, 5) is 35.0. The number of aromatic nitrogens is 4. The number of imidazole rings is 1. The predicted octanol–water partition coefficient (Wildman–Crippen LogP) is -1.25. The molecule has 1 saturated heterocycles. The van der Waals surface area contributed by atoms with Crippen LogP contribution >= 0.6 is 0 Å². The number of carbonyl (C=O) groups excluding carboxylic acids is 1. The minimum absolute atomic E-state index is 0.0212. The van der Waals surface area contributed by atoms with Gasteiger partial charge in [-0.1, -0.05) is 18.2 Å². The van der Waals surface area contributed by atoms with Crippen LogP contribution in [0.5, 0.6) is 5.75 Å². The topological polar surface area (TPSA) is 172 Å². The molecular weight excluding hydrogens is 398 g/mol. The van der Waals surface area contributed by atoms with Crippen molar-refractivity contribution in [3.63, 3.8) is 0 Å². The van der Waals surface area contributed by atoms with Gasteiger partial charge in [0.2, 0.25) is 5.95 Å². The van der Waals surface area contributed by atoms with E-state index in [0.29, 0.717) is 5.75 Å². The highest BCUT2D eigenvalue weighted by Crippen LogP contribution is 2.30. The van der Waals surface area contributed by atoms with Crippen LogP contribution < -0.4 is 15.6 Å². The van der Waals surface area contributed by atoms with Crippen LogP contribution in [0.4, 0.5) is 5.95 Å². The van der Waals surface area contributed by atoms with Gasteiger partial charge in [-0.2, -0.15) is 4.98 Å². The van der Waals surface area contributed by atoms with Gasteiger partial charge in [0.05, 0.1) is 12.9 Å². The number of hydrogen-bond acceptors (Lipinski definition) is 9. The Labute approximate surface area is 168 Å². The molecule has 0 unspecified atom stereocenters. The second-order valence-corrected chi connectivity index (χ2v) is 6.62. The zero-order valence-electron chi connectivity index (χ0n) is 15.5. The molecule has 12 nitrogen and oxygen atoms in total. The Morgan fingerprint density at radius 3 is 2.73 bits per heavy atom. The van der Waals surface area contributed by atoms with Gasteiger partial charge in [0.1, 0.15) is 24.1 Å². The van der Waals surface area contributed by atoms with Crippen LogP contribution in [0.15, 0.2) is 41.5 Å². The lowest BCUT2D eigenvalue weighted by molar-refractivity contribution is -0.118. The molecule has 0 saturated carbocycles. The van der Waals surface area contributed by atoms with Gasteiger partial charge in [0.15, 0.2) is 24.0 Å². The maximum atomic E-state index is 12.3. The van der Waals surface area contributed by atoms with Crippen molar-refractivity contribution >= 4 is 23.0 Å². The first kappa shape index (κ1) is 20.0. The van der Waals surface area contributed by atoms with Crippen molar-refractivity contribution in [1.29, 1.82) is 0 Å². The van der Waals surface area contributed by atoms with Crippen LogP contribution in [0.3, 0.4) is 0 Å². The molecule has 12 heteroatoms. The SMILES string of the molecule is O=C(COc1ccccc1)Nc1nc2c(ncn2[C@@H]2O[C@@H](CO)[C@@H](O)[C@@H]2O)c(=O)[nH]1. The summed E-state index contributed by atoms with van der Waals surface area (Å²) in [6, 6.07) is 8.73. The van der Waals surface area contributed by atoms with Crippen LogP contribution in [0.25, 0.3) is 11.2 Å². The largest absolute Gasteiger partial charge is 0.484 e. The summed E-state index contributed by atoms with van der Waals surface area (Å²) >= 11 is 0. The van der Waals surface area contributed by atoms with Crippen LogP contribution in [0.1, 0.15) is 6.23 Å². The number of anilines is 1. The van der Waals surface area contributed by atoms with Crippen molar-refractivity contribution < 1.29 is 29.6 Å². The lowest BCUT2D eigenvalue weighted by atomic mass is 10.1. The smallest absolute Gasteiger partial charge is 0.280 e. The molecule has 1 amide bonds. The molecule has 0 spiro atoms. The van der Waals surface area contributed by atoms with E-state index in [2.05, 4.69) is 20.3 Å². The van der Waals surface area contributed by atoms with E-state index in [1.165, 1.54) is 10.9 Å². The van der Waals surface area contributed by atoms with Gasteiger partial charge in [-0.25, -0.2) is 4.98 Å². The number of nitrogens with zero attached hydrogens (tertiary/aromatic N) is 3. The number of H-pyrrole nitrogens is 1. The number of para-hydroxylation sites is 1. The van der Waals surface area contributed by atoms with Crippen LogP contribution in [-0.4, -0.2) is 72.3 Å². The van der Waals surface area contributed by atoms with E-state index in [0.717, 1.165) is 0 Å². The summed E-state index contributed by atoms with van der Waals surface area (Å²) in [6.45, 7) is -0.808. The van der Waals surface area contributed by atoms with Gasteiger partial charge in [-0.05, 0) is 12.1 Å². The molecule has 0 bridgehead atoms. The van der Waals surface area contributed by atoms with E-state index >= 15 is 0 Å². The molecule has 0 aliphatic carbocycles. The number of hydrogen-bond donors (Lipinski definition) is 5. The van der Waals surface area contributed by atoms with Gasteiger partial charge >= 0.3 is 0 Å². The molecule has 158 valence electrons. The monoisotopic (exact) mass is 417 g/mol. The molecule has 3 heterocycles. The van der Waals surface area contributed by atoms with Crippen LogP contribution in [0, 0.1) is 0 Å². The maximum absolute atomic E-state index is 12.3. The van der Waals surface area contributed by atoms with Crippen molar-refractivity contribution in [2.24, 2.45) is 0 Å². The zero-order valence-corrected chi connectivity index (χ0v) is 15.5. The Morgan fingerprint density at radius 1 is 1.27 bits per heavy atom. The van der Waals surface area contributed by atoms with Gasteiger partial charge in [0.25, 0.3) is 11.5 Å². The summed E-state index contributed by atoms with van der Waals surface area (Å²) in [5.74, 6) is -0.199. The maximum Gasteiger partial charge on any atom is 0.280 e. The highest BCUT2D eigenvalue weighted by atomic mass is 16.6. The second-order valence-electron chi connectivity index (χ2n) is 6.62.